The number of aliphatic hydroxyl groups excluding tert-OH is 1. The molecule has 0 heterocycles. The zero-order valence-corrected chi connectivity index (χ0v) is 23.6. The average molecular weight is 521 g/mol. The van der Waals surface area contributed by atoms with Gasteiger partial charge in [0.05, 0.1) is 6.10 Å². The van der Waals surface area contributed by atoms with Gasteiger partial charge in [0, 0.05) is 35.5 Å². The maximum absolute atomic E-state index is 17.3. The molecule has 208 valence electrons. The summed E-state index contributed by atoms with van der Waals surface area (Å²) in [5.41, 5.74) is -4.37. The third kappa shape index (κ3) is 4.11. The molecule has 0 aromatic rings. The number of hydrogen-bond donors (Lipinski definition) is 1. The van der Waals surface area contributed by atoms with Crippen LogP contribution in [0.15, 0.2) is 23.8 Å². The lowest BCUT2D eigenvalue weighted by molar-refractivity contribution is -0.228. The molecule has 7 heteroatoms. The zero-order valence-electron chi connectivity index (χ0n) is 23.6. The van der Waals surface area contributed by atoms with Crippen LogP contribution in [0.2, 0.25) is 0 Å². The van der Waals surface area contributed by atoms with Crippen molar-refractivity contribution in [3.8, 4) is 0 Å². The standard InChI is InChI=1S/C28H39FO6.C2H6/c1-6-23(32)34-16-22(31)28(35-24(33)7-2)17(3)14-20-19-12-11-18-10-8-9-13-25(18,4)27(19,29)21(30)15-26(20,28)5;1-2/h9-10,13,17,19-21,30H,6-8,11-12,14-16H2,1-5H3;1-2H3/t17-,19+,20+,21+,25+,26+,27+,28+;/m1./s1. The Labute approximate surface area is 221 Å². The molecule has 3 fully saturated rings. The van der Waals surface area contributed by atoms with Gasteiger partial charge in [-0.05, 0) is 44.9 Å². The number of allylic oxidation sites excluding steroid dienone is 4. The topological polar surface area (TPSA) is 89.9 Å². The Morgan fingerprint density at radius 2 is 1.76 bits per heavy atom. The van der Waals surface area contributed by atoms with E-state index < -0.39 is 64.4 Å². The molecule has 4 rings (SSSR count). The van der Waals surface area contributed by atoms with Crippen LogP contribution in [-0.4, -0.2) is 46.8 Å². The van der Waals surface area contributed by atoms with Crippen LogP contribution >= 0.6 is 0 Å². The number of hydrogen-bond acceptors (Lipinski definition) is 6. The fourth-order valence-corrected chi connectivity index (χ4v) is 8.14. The van der Waals surface area contributed by atoms with Crippen molar-refractivity contribution in [2.45, 2.75) is 111 Å². The Bertz CT molecular complexity index is 973. The van der Waals surface area contributed by atoms with Gasteiger partial charge in [0.15, 0.2) is 17.9 Å². The number of esters is 2. The van der Waals surface area contributed by atoms with Crippen molar-refractivity contribution in [1.29, 1.82) is 0 Å². The lowest BCUT2D eigenvalue weighted by Crippen LogP contribution is -2.70. The van der Waals surface area contributed by atoms with E-state index in [4.69, 9.17) is 9.47 Å². The number of carbonyl (C=O) groups is 3. The first-order valence-electron chi connectivity index (χ1n) is 14.1. The molecular formula is C30H45FO6. The molecule has 4 aliphatic carbocycles. The van der Waals surface area contributed by atoms with E-state index in [9.17, 15) is 19.5 Å². The van der Waals surface area contributed by atoms with Gasteiger partial charge in [-0.2, -0.15) is 0 Å². The SMILES string of the molecule is CC.CCC(=O)OCC(=O)[C@@]1(OC(=O)CC)[C@H](C)C[C@H]2[C@@H]3CCC4=CCC=C[C@]4(C)[C@@]3(F)[C@@H](O)C[C@@]21C. The molecule has 0 amide bonds. The minimum atomic E-state index is -1.89. The van der Waals surface area contributed by atoms with E-state index in [1.54, 1.807) is 13.8 Å². The Balaban J connectivity index is 0.00000186. The third-order valence-corrected chi connectivity index (χ3v) is 9.87. The van der Waals surface area contributed by atoms with Gasteiger partial charge in [0.25, 0.3) is 0 Å². The van der Waals surface area contributed by atoms with Crippen molar-refractivity contribution in [3.05, 3.63) is 23.8 Å². The molecule has 6 nitrogen and oxygen atoms in total. The number of fused-ring (bicyclic) bond motifs is 5. The van der Waals surface area contributed by atoms with Gasteiger partial charge in [-0.3, -0.25) is 14.4 Å². The summed E-state index contributed by atoms with van der Waals surface area (Å²) in [6.07, 6.45) is 7.34. The smallest absolute Gasteiger partial charge is 0.306 e. The molecule has 0 radical (unpaired) electrons. The van der Waals surface area contributed by atoms with Crippen LogP contribution < -0.4 is 0 Å². The maximum atomic E-state index is 17.3. The van der Waals surface area contributed by atoms with E-state index in [1.807, 2.05) is 46.8 Å². The van der Waals surface area contributed by atoms with Crippen LogP contribution in [0.5, 0.6) is 0 Å². The van der Waals surface area contributed by atoms with Crippen molar-refractivity contribution in [3.63, 3.8) is 0 Å². The first kappa shape index (κ1) is 29.5. The summed E-state index contributed by atoms with van der Waals surface area (Å²) < 4.78 is 28.5. The maximum Gasteiger partial charge on any atom is 0.306 e. The fourth-order valence-electron chi connectivity index (χ4n) is 8.14. The molecule has 0 unspecified atom stereocenters. The molecule has 0 aromatic carbocycles. The molecule has 0 saturated heterocycles. The van der Waals surface area contributed by atoms with Crippen LogP contribution in [-0.2, 0) is 23.9 Å². The van der Waals surface area contributed by atoms with E-state index in [0.717, 1.165) is 18.4 Å². The zero-order chi connectivity index (χ0) is 27.8. The highest BCUT2D eigenvalue weighted by Crippen LogP contribution is 2.71. The third-order valence-electron chi connectivity index (χ3n) is 9.87. The van der Waals surface area contributed by atoms with E-state index >= 15 is 4.39 Å². The van der Waals surface area contributed by atoms with Crippen LogP contribution in [0.1, 0.15) is 93.4 Å². The largest absolute Gasteiger partial charge is 0.457 e. The van der Waals surface area contributed by atoms with Gasteiger partial charge in [-0.15, -0.1) is 0 Å². The molecule has 8 atom stereocenters. The lowest BCUT2D eigenvalue weighted by Gasteiger charge is -2.63. The highest BCUT2D eigenvalue weighted by molar-refractivity contribution is 5.93. The second kappa shape index (κ2) is 10.6. The van der Waals surface area contributed by atoms with E-state index in [0.29, 0.717) is 12.8 Å². The second-order valence-electron chi connectivity index (χ2n) is 11.4. The molecule has 0 bridgehead atoms. The monoisotopic (exact) mass is 520 g/mol. The number of carbonyl (C=O) groups excluding carboxylic acids is 3. The minimum Gasteiger partial charge on any atom is -0.457 e. The van der Waals surface area contributed by atoms with Crippen molar-refractivity contribution in [1.82, 2.24) is 0 Å². The molecule has 0 aromatic heterocycles. The highest BCUT2D eigenvalue weighted by Gasteiger charge is 2.77. The van der Waals surface area contributed by atoms with E-state index in [-0.39, 0.29) is 25.2 Å². The molecule has 1 N–H and O–H groups in total. The van der Waals surface area contributed by atoms with Gasteiger partial charge >= 0.3 is 11.9 Å². The molecule has 0 aliphatic heterocycles. The van der Waals surface area contributed by atoms with Crippen molar-refractivity contribution in [2.75, 3.05) is 6.61 Å². The average Bonchev–Trinajstić information content (AvgIpc) is 3.10. The van der Waals surface area contributed by atoms with E-state index in [2.05, 4.69) is 6.08 Å². The molecule has 37 heavy (non-hydrogen) atoms. The lowest BCUT2D eigenvalue weighted by atomic mass is 9.44. The second-order valence-corrected chi connectivity index (χ2v) is 11.4. The Hall–Kier alpha value is -2.02. The molecule has 3 saturated carbocycles. The number of alkyl halides is 1. The first-order valence-corrected chi connectivity index (χ1v) is 14.1. The fraction of sp³-hybridized carbons (Fsp3) is 0.767. The normalized spacial score (nSPS) is 41.7. The number of ether oxygens (including phenoxy) is 2. The quantitative estimate of drug-likeness (QED) is 0.359. The van der Waals surface area contributed by atoms with Crippen LogP contribution in [0, 0.1) is 28.6 Å². The van der Waals surface area contributed by atoms with Gasteiger partial charge < -0.3 is 14.6 Å². The van der Waals surface area contributed by atoms with Gasteiger partial charge in [-0.1, -0.05) is 65.3 Å². The highest BCUT2D eigenvalue weighted by atomic mass is 19.1. The van der Waals surface area contributed by atoms with Crippen LogP contribution in [0.4, 0.5) is 4.39 Å². The Morgan fingerprint density at radius 1 is 1.11 bits per heavy atom. The summed E-state index contributed by atoms with van der Waals surface area (Å²) in [5, 5.41) is 11.6. The van der Waals surface area contributed by atoms with Crippen LogP contribution in [0.25, 0.3) is 0 Å². The summed E-state index contributed by atoms with van der Waals surface area (Å²) in [4.78, 5) is 38.3. The molecule has 4 aliphatic rings. The van der Waals surface area contributed by atoms with E-state index in [1.165, 1.54) is 0 Å². The Kier molecular flexibility index (Phi) is 8.48. The number of Topliss-reactive ketones (excluding diaryl/α,β-unsaturated/α-hetero) is 1. The van der Waals surface area contributed by atoms with Crippen LogP contribution in [0.3, 0.4) is 0 Å². The molecule has 0 spiro atoms. The van der Waals surface area contributed by atoms with Gasteiger partial charge in [-0.25, -0.2) is 4.39 Å². The Morgan fingerprint density at radius 3 is 2.38 bits per heavy atom. The summed E-state index contributed by atoms with van der Waals surface area (Å²) in [6.45, 7) is 12.4. The number of ketones is 1. The van der Waals surface area contributed by atoms with Crippen molar-refractivity contribution < 1.29 is 33.4 Å². The predicted octanol–water partition coefficient (Wildman–Crippen LogP) is 5.66. The summed E-state index contributed by atoms with van der Waals surface area (Å²) in [5.74, 6) is -2.74. The number of aliphatic hydroxyl groups is 1. The minimum absolute atomic E-state index is 0.0177. The predicted molar refractivity (Wildman–Crippen MR) is 139 cm³/mol. The number of rotatable bonds is 6. The van der Waals surface area contributed by atoms with Crippen molar-refractivity contribution >= 4 is 17.7 Å². The summed E-state index contributed by atoms with van der Waals surface area (Å²) >= 11 is 0. The van der Waals surface area contributed by atoms with Gasteiger partial charge in [0.1, 0.15) is 0 Å². The first-order chi connectivity index (χ1) is 17.4. The molecular weight excluding hydrogens is 475 g/mol. The number of halogens is 1. The van der Waals surface area contributed by atoms with Gasteiger partial charge in [0.2, 0.25) is 5.78 Å². The summed E-state index contributed by atoms with van der Waals surface area (Å²) in [7, 11) is 0. The van der Waals surface area contributed by atoms with Crippen molar-refractivity contribution in [2.24, 2.45) is 28.6 Å². The summed E-state index contributed by atoms with van der Waals surface area (Å²) in [6, 6.07) is 0.